The predicted octanol–water partition coefficient (Wildman–Crippen LogP) is 9.64. The van der Waals surface area contributed by atoms with Crippen LogP contribution in [-0.2, 0) is 12.6 Å². The van der Waals surface area contributed by atoms with Gasteiger partial charge in [-0.1, -0.05) is 87.9 Å². The maximum absolute atomic E-state index is 13.6. The molecule has 1 N–H and O–H groups in total. The Hall–Kier alpha value is -3.78. The lowest BCUT2D eigenvalue weighted by Crippen LogP contribution is -2.36. The molecule has 0 aromatic heterocycles. The van der Waals surface area contributed by atoms with Crippen LogP contribution < -0.4 is 5.32 Å². The fraction of sp³-hybridized carbons (Fsp3) is 0.303. The molecule has 1 fully saturated rings. The maximum Gasteiger partial charge on any atom is 0.417 e. The van der Waals surface area contributed by atoms with Crippen LogP contribution in [0.5, 0.6) is 0 Å². The molecular formula is C33H33F3N2. The zero-order chi connectivity index (χ0) is 27.3. The molecule has 3 aromatic carbocycles. The Bertz CT molecular complexity index is 1360. The van der Waals surface area contributed by atoms with E-state index in [4.69, 9.17) is 0 Å². The molecular weight excluding hydrogens is 481 g/mol. The molecule has 3 aromatic rings. The van der Waals surface area contributed by atoms with Crippen LogP contribution in [0.4, 0.5) is 18.9 Å². The van der Waals surface area contributed by atoms with E-state index in [1.54, 1.807) is 6.07 Å². The van der Waals surface area contributed by atoms with Crippen molar-refractivity contribution in [1.82, 2.24) is 0 Å². The number of hydrogen-bond acceptors (Lipinski definition) is 2. The Morgan fingerprint density at radius 1 is 1.03 bits per heavy atom. The van der Waals surface area contributed by atoms with Crippen LogP contribution in [0.3, 0.4) is 0 Å². The van der Waals surface area contributed by atoms with Crippen molar-refractivity contribution in [3.8, 4) is 17.2 Å². The lowest BCUT2D eigenvalue weighted by Gasteiger charge is -2.42. The molecule has 1 aliphatic carbocycles. The highest BCUT2D eigenvalue weighted by molar-refractivity contribution is 5.70. The van der Waals surface area contributed by atoms with E-state index in [-0.39, 0.29) is 11.3 Å². The Labute approximate surface area is 223 Å². The van der Waals surface area contributed by atoms with Crippen molar-refractivity contribution < 1.29 is 13.2 Å². The van der Waals surface area contributed by atoms with Gasteiger partial charge in [-0.05, 0) is 71.7 Å². The maximum atomic E-state index is 13.6. The molecule has 196 valence electrons. The molecule has 5 heteroatoms. The van der Waals surface area contributed by atoms with Crippen molar-refractivity contribution in [2.45, 2.75) is 51.6 Å². The van der Waals surface area contributed by atoms with Gasteiger partial charge < -0.3 is 5.32 Å². The highest BCUT2D eigenvalue weighted by Crippen LogP contribution is 2.47. The third kappa shape index (κ3) is 5.86. The highest BCUT2D eigenvalue weighted by atomic mass is 19.4. The number of alkyl halides is 3. The van der Waals surface area contributed by atoms with E-state index in [1.165, 1.54) is 24.1 Å². The Kier molecular flexibility index (Phi) is 8.11. The van der Waals surface area contributed by atoms with E-state index < -0.39 is 17.2 Å². The molecule has 0 spiro atoms. The van der Waals surface area contributed by atoms with E-state index in [0.717, 1.165) is 48.4 Å². The number of anilines is 1. The Balaban J connectivity index is 1.71. The number of nitrogens with one attached hydrogen (secondary N) is 1. The van der Waals surface area contributed by atoms with Gasteiger partial charge in [-0.2, -0.15) is 18.4 Å². The van der Waals surface area contributed by atoms with Crippen LogP contribution in [0.2, 0.25) is 0 Å². The first kappa shape index (κ1) is 27.3. The number of allylic oxidation sites excluding steroid dienone is 1. The van der Waals surface area contributed by atoms with Gasteiger partial charge in [0.05, 0.1) is 17.2 Å². The van der Waals surface area contributed by atoms with Crippen molar-refractivity contribution in [3.63, 3.8) is 0 Å². The average Bonchev–Trinajstić information content (AvgIpc) is 2.93. The molecule has 38 heavy (non-hydrogen) atoms. The highest BCUT2D eigenvalue weighted by Gasteiger charge is 2.39. The summed E-state index contributed by atoms with van der Waals surface area (Å²) >= 11 is 0. The van der Waals surface area contributed by atoms with Gasteiger partial charge in [0.25, 0.3) is 0 Å². The van der Waals surface area contributed by atoms with E-state index >= 15 is 0 Å². The fourth-order valence-electron chi connectivity index (χ4n) is 5.69. The molecule has 1 atom stereocenters. The molecule has 0 radical (unpaired) electrons. The van der Waals surface area contributed by atoms with Crippen LogP contribution in [0.25, 0.3) is 17.2 Å². The van der Waals surface area contributed by atoms with E-state index in [9.17, 15) is 18.4 Å². The van der Waals surface area contributed by atoms with Crippen molar-refractivity contribution in [1.29, 1.82) is 5.26 Å². The molecule has 0 aliphatic heterocycles. The second-order valence-electron chi connectivity index (χ2n) is 10.4. The summed E-state index contributed by atoms with van der Waals surface area (Å²) in [6.07, 6.45) is 3.46. The Morgan fingerprint density at radius 3 is 2.45 bits per heavy atom. The standard InChI is InChI=1S/C33H33F3N2/c1-4-24-11-10-13-25(19-24)30-16-9-8-12-26(30)21-32(3,28-14-6-5-7-15-28)23(2)38-29-18-17-27(22-37)31(20-29)33(34,35)36/h4,8-13,16-20,28,38H,1-2,5-7,14-15,21H2,3H3. The smallest absolute Gasteiger partial charge is 0.359 e. The molecule has 0 heterocycles. The zero-order valence-electron chi connectivity index (χ0n) is 21.7. The topological polar surface area (TPSA) is 35.8 Å². The SMILES string of the molecule is C=Cc1cccc(-c2ccccc2CC(C)(C(=C)Nc2ccc(C#N)c(C(F)(F)F)c2)C2CCCCC2)c1. The van der Waals surface area contributed by atoms with Gasteiger partial charge in [-0.25, -0.2) is 0 Å². The number of benzene rings is 3. The zero-order valence-corrected chi connectivity index (χ0v) is 21.7. The molecule has 1 aliphatic rings. The minimum absolute atomic E-state index is 0.287. The van der Waals surface area contributed by atoms with Crippen molar-refractivity contribution in [2.24, 2.45) is 11.3 Å². The Morgan fingerprint density at radius 2 is 1.76 bits per heavy atom. The second kappa shape index (κ2) is 11.3. The first-order valence-electron chi connectivity index (χ1n) is 13.0. The third-order valence-corrected chi connectivity index (χ3v) is 7.94. The van der Waals surface area contributed by atoms with Gasteiger partial charge in [0.15, 0.2) is 0 Å². The summed E-state index contributed by atoms with van der Waals surface area (Å²) in [7, 11) is 0. The molecule has 0 bridgehead atoms. The number of nitrogens with zero attached hydrogens (tertiary/aromatic N) is 1. The van der Waals surface area contributed by atoms with Crippen molar-refractivity contribution in [2.75, 3.05) is 5.32 Å². The van der Waals surface area contributed by atoms with Crippen LogP contribution in [0.1, 0.15) is 61.3 Å². The van der Waals surface area contributed by atoms with Crippen molar-refractivity contribution in [3.05, 3.63) is 108 Å². The average molecular weight is 515 g/mol. The van der Waals surface area contributed by atoms with Gasteiger partial charge in [0.2, 0.25) is 0 Å². The first-order chi connectivity index (χ1) is 18.2. The van der Waals surface area contributed by atoms with Crippen LogP contribution >= 0.6 is 0 Å². The molecule has 2 nitrogen and oxygen atoms in total. The summed E-state index contributed by atoms with van der Waals surface area (Å²) in [5.41, 5.74) is 3.68. The fourth-order valence-corrected chi connectivity index (χ4v) is 5.69. The number of nitriles is 1. The molecule has 0 amide bonds. The molecule has 4 rings (SSSR count). The predicted molar refractivity (Wildman–Crippen MR) is 149 cm³/mol. The molecule has 1 unspecified atom stereocenters. The van der Waals surface area contributed by atoms with Gasteiger partial charge >= 0.3 is 6.18 Å². The van der Waals surface area contributed by atoms with Gasteiger partial charge in [-0.15, -0.1) is 0 Å². The lowest BCUT2D eigenvalue weighted by molar-refractivity contribution is -0.137. The van der Waals surface area contributed by atoms with E-state index in [1.807, 2.05) is 30.3 Å². The second-order valence-corrected chi connectivity index (χ2v) is 10.4. The quantitative estimate of drug-likeness (QED) is 0.325. The van der Waals surface area contributed by atoms with E-state index in [0.29, 0.717) is 18.0 Å². The van der Waals surface area contributed by atoms with Crippen LogP contribution in [0, 0.1) is 22.7 Å². The summed E-state index contributed by atoms with van der Waals surface area (Å²) in [4.78, 5) is 0. The summed E-state index contributed by atoms with van der Waals surface area (Å²) < 4.78 is 40.9. The van der Waals surface area contributed by atoms with Crippen LogP contribution in [0.15, 0.2) is 85.6 Å². The largest absolute Gasteiger partial charge is 0.417 e. The lowest BCUT2D eigenvalue weighted by atomic mass is 9.65. The summed E-state index contributed by atoms with van der Waals surface area (Å²) in [6.45, 7) is 10.5. The molecule has 0 saturated heterocycles. The summed E-state index contributed by atoms with van der Waals surface area (Å²) in [5.74, 6) is 0.337. The number of hydrogen-bond donors (Lipinski definition) is 1. The van der Waals surface area contributed by atoms with Crippen molar-refractivity contribution >= 4 is 11.8 Å². The molecule has 1 saturated carbocycles. The van der Waals surface area contributed by atoms with Crippen LogP contribution in [-0.4, -0.2) is 0 Å². The normalized spacial score (nSPS) is 15.8. The van der Waals surface area contributed by atoms with Gasteiger partial charge in [0.1, 0.15) is 0 Å². The summed E-state index contributed by atoms with van der Waals surface area (Å²) in [5, 5.41) is 12.4. The van der Waals surface area contributed by atoms with Gasteiger partial charge in [0, 0.05) is 16.8 Å². The minimum Gasteiger partial charge on any atom is -0.359 e. The number of rotatable bonds is 8. The monoisotopic (exact) mass is 514 g/mol. The van der Waals surface area contributed by atoms with E-state index in [2.05, 4.69) is 49.7 Å². The number of halogens is 3. The third-order valence-electron chi connectivity index (χ3n) is 7.94. The minimum atomic E-state index is -4.62. The summed E-state index contributed by atoms with van der Waals surface area (Å²) in [6, 6.07) is 22.0. The van der Waals surface area contributed by atoms with Gasteiger partial charge in [-0.3, -0.25) is 0 Å². The first-order valence-corrected chi connectivity index (χ1v) is 13.0.